The van der Waals surface area contributed by atoms with E-state index in [-0.39, 0.29) is 24.7 Å². The van der Waals surface area contributed by atoms with Crippen molar-refractivity contribution in [3.05, 3.63) is 12.2 Å². The molecule has 0 saturated heterocycles. The predicted octanol–water partition coefficient (Wildman–Crippen LogP) is 1.35. The largest absolute Gasteiger partial charge is 0.481 e. The van der Waals surface area contributed by atoms with Crippen molar-refractivity contribution in [2.75, 3.05) is 7.11 Å². The Bertz CT molecular complexity index is 352. The molecule has 0 aromatic carbocycles. The number of hydrogen-bond acceptors (Lipinski definition) is 5. The molecule has 0 saturated carbocycles. The Balaban J connectivity index is 4.04. The molecule has 0 radical (unpaired) electrons. The highest BCUT2D eigenvalue weighted by molar-refractivity contribution is 5.69. The zero-order valence-corrected chi connectivity index (χ0v) is 12.9. The highest BCUT2D eigenvalue weighted by Crippen LogP contribution is 2.15. The number of methoxy groups -OCH3 is 1. The van der Waals surface area contributed by atoms with Crippen molar-refractivity contribution in [2.45, 2.75) is 51.7 Å². The summed E-state index contributed by atoms with van der Waals surface area (Å²) in [5, 5.41) is 28.0. The smallest absolute Gasteiger partial charge is 0.308 e. The lowest BCUT2D eigenvalue weighted by atomic mass is 9.95. The Kier molecular flexibility index (Phi) is 9.65. The maximum Gasteiger partial charge on any atom is 0.308 e. The summed E-state index contributed by atoms with van der Waals surface area (Å²) in [6, 6.07) is 0. The fourth-order valence-corrected chi connectivity index (χ4v) is 1.77. The first kappa shape index (κ1) is 19.6. The zero-order chi connectivity index (χ0) is 16.4. The van der Waals surface area contributed by atoms with Crippen molar-refractivity contribution in [1.29, 1.82) is 0 Å². The monoisotopic (exact) mass is 302 g/mol. The molecule has 3 N–H and O–H groups in total. The fourth-order valence-electron chi connectivity index (χ4n) is 1.77. The highest BCUT2D eigenvalue weighted by atomic mass is 16.5. The van der Waals surface area contributed by atoms with Crippen LogP contribution in [0.15, 0.2) is 12.2 Å². The van der Waals surface area contributed by atoms with Crippen molar-refractivity contribution >= 4 is 11.9 Å². The van der Waals surface area contributed by atoms with Gasteiger partial charge in [0.15, 0.2) is 0 Å². The van der Waals surface area contributed by atoms with Gasteiger partial charge in [-0.25, -0.2) is 0 Å². The third-order valence-electron chi connectivity index (χ3n) is 3.48. The lowest BCUT2D eigenvalue weighted by Crippen LogP contribution is -2.22. The van der Waals surface area contributed by atoms with Gasteiger partial charge in [0.2, 0.25) is 0 Å². The molecule has 0 amide bonds. The molecular weight excluding hydrogens is 276 g/mol. The van der Waals surface area contributed by atoms with E-state index < -0.39 is 24.1 Å². The summed E-state index contributed by atoms with van der Waals surface area (Å²) in [6.07, 6.45) is 2.98. The Morgan fingerprint density at radius 1 is 1.00 bits per heavy atom. The summed E-state index contributed by atoms with van der Waals surface area (Å²) >= 11 is 0. The van der Waals surface area contributed by atoms with Crippen LogP contribution in [0.2, 0.25) is 0 Å². The van der Waals surface area contributed by atoms with Gasteiger partial charge < -0.3 is 20.1 Å². The van der Waals surface area contributed by atoms with Crippen molar-refractivity contribution < 1.29 is 29.6 Å². The van der Waals surface area contributed by atoms with Gasteiger partial charge in [-0.2, -0.15) is 0 Å². The molecule has 0 heterocycles. The van der Waals surface area contributed by atoms with Gasteiger partial charge in [0, 0.05) is 0 Å². The van der Waals surface area contributed by atoms with Crippen LogP contribution >= 0.6 is 0 Å². The van der Waals surface area contributed by atoms with E-state index in [2.05, 4.69) is 4.74 Å². The summed E-state index contributed by atoms with van der Waals surface area (Å²) in [5.74, 6) is -1.69. The molecule has 4 unspecified atom stereocenters. The number of esters is 1. The Morgan fingerprint density at radius 2 is 1.43 bits per heavy atom. The van der Waals surface area contributed by atoms with Crippen molar-refractivity contribution in [3.8, 4) is 0 Å². The molecule has 0 rings (SSSR count). The van der Waals surface area contributed by atoms with Crippen LogP contribution in [-0.2, 0) is 14.3 Å². The van der Waals surface area contributed by atoms with E-state index >= 15 is 0 Å². The maximum atomic E-state index is 11.0. The van der Waals surface area contributed by atoms with Crippen LogP contribution < -0.4 is 0 Å². The van der Waals surface area contributed by atoms with Crippen molar-refractivity contribution in [1.82, 2.24) is 0 Å². The van der Waals surface area contributed by atoms with Crippen LogP contribution in [0.25, 0.3) is 0 Å². The van der Waals surface area contributed by atoms with Gasteiger partial charge in [-0.05, 0) is 24.7 Å². The number of carbonyl (C=O) groups is 2. The first-order chi connectivity index (χ1) is 9.77. The molecule has 0 aromatic rings. The lowest BCUT2D eigenvalue weighted by molar-refractivity contribution is -0.143. The van der Waals surface area contributed by atoms with Crippen LogP contribution in [-0.4, -0.2) is 46.6 Å². The van der Waals surface area contributed by atoms with E-state index in [1.54, 1.807) is 6.92 Å². The number of carbonyl (C=O) groups excluding carboxylic acids is 1. The van der Waals surface area contributed by atoms with E-state index in [0.717, 1.165) is 0 Å². The van der Waals surface area contributed by atoms with Gasteiger partial charge in [-0.1, -0.05) is 26.0 Å². The fraction of sp³-hybridized carbons (Fsp3) is 0.733. The lowest BCUT2D eigenvalue weighted by Gasteiger charge is -2.17. The number of aliphatic hydroxyl groups is 2. The maximum absolute atomic E-state index is 11.0. The molecule has 6 nitrogen and oxygen atoms in total. The molecule has 21 heavy (non-hydrogen) atoms. The Hall–Kier alpha value is -1.40. The van der Waals surface area contributed by atoms with Gasteiger partial charge in [0.05, 0.1) is 32.2 Å². The number of aliphatic carboxylic acids is 1. The predicted molar refractivity (Wildman–Crippen MR) is 77.6 cm³/mol. The minimum absolute atomic E-state index is 0.0285. The number of carboxylic acids is 1. The molecular formula is C15H26O6. The van der Waals surface area contributed by atoms with Gasteiger partial charge in [-0.15, -0.1) is 0 Å². The first-order valence-electron chi connectivity index (χ1n) is 7.07. The molecule has 0 aliphatic rings. The minimum Gasteiger partial charge on any atom is -0.481 e. The third kappa shape index (κ3) is 9.20. The van der Waals surface area contributed by atoms with Gasteiger partial charge in [0.1, 0.15) is 0 Å². The number of hydrogen-bond donors (Lipinski definition) is 3. The number of carboxylic acid groups (broad SMARTS) is 1. The summed E-state index contributed by atoms with van der Waals surface area (Å²) in [4.78, 5) is 21.5. The highest BCUT2D eigenvalue weighted by Gasteiger charge is 2.18. The van der Waals surface area contributed by atoms with Gasteiger partial charge in [-0.3, -0.25) is 9.59 Å². The second-order valence-electron chi connectivity index (χ2n) is 5.41. The number of aliphatic hydroxyl groups excluding tert-OH is 2. The van der Waals surface area contributed by atoms with Crippen LogP contribution in [0, 0.1) is 11.8 Å². The topological polar surface area (TPSA) is 104 Å². The average Bonchev–Trinajstić information content (AvgIpc) is 2.41. The van der Waals surface area contributed by atoms with Crippen LogP contribution in [0.4, 0.5) is 0 Å². The Morgan fingerprint density at radius 3 is 1.81 bits per heavy atom. The van der Waals surface area contributed by atoms with Gasteiger partial charge in [0.25, 0.3) is 0 Å². The van der Waals surface area contributed by atoms with Crippen LogP contribution in [0.3, 0.4) is 0 Å². The molecule has 0 spiro atoms. The molecule has 0 fully saturated rings. The molecule has 6 heteroatoms. The SMILES string of the molecule is COC(=O)CC(O)C(C)C/C=C/CC(C)C(O)CC(=O)O. The summed E-state index contributed by atoms with van der Waals surface area (Å²) < 4.78 is 4.49. The van der Waals surface area contributed by atoms with E-state index in [9.17, 15) is 19.8 Å². The number of allylic oxidation sites excluding steroid dienone is 2. The number of ether oxygens (including phenoxy) is 1. The molecule has 4 atom stereocenters. The molecule has 122 valence electrons. The van der Waals surface area contributed by atoms with Crippen molar-refractivity contribution in [3.63, 3.8) is 0 Å². The van der Waals surface area contributed by atoms with E-state index in [4.69, 9.17) is 5.11 Å². The summed E-state index contributed by atoms with van der Waals surface area (Å²) in [5.41, 5.74) is 0. The standard InChI is InChI=1S/C15H26O6/c1-10(12(16)8-14(18)19)6-4-5-7-11(2)13(17)9-15(20)21-3/h4-5,10-13,16-17H,6-9H2,1-3H3,(H,18,19)/b5-4+. The second-order valence-corrected chi connectivity index (χ2v) is 5.41. The zero-order valence-electron chi connectivity index (χ0n) is 12.9. The molecule has 0 aromatic heterocycles. The quantitative estimate of drug-likeness (QED) is 0.416. The molecule has 0 aliphatic carbocycles. The van der Waals surface area contributed by atoms with E-state index in [0.29, 0.717) is 12.8 Å². The van der Waals surface area contributed by atoms with Crippen molar-refractivity contribution in [2.24, 2.45) is 11.8 Å². The van der Waals surface area contributed by atoms with Crippen LogP contribution in [0.1, 0.15) is 39.5 Å². The third-order valence-corrected chi connectivity index (χ3v) is 3.48. The van der Waals surface area contributed by atoms with Crippen LogP contribution in [0.5, 0.6) is 0 Å². The average molecular weight is 302 g/mol. The summed E-state index contributed by atoms with van der Waals surface area (Å²) in [7, 11) is 1.28. The second kappa shape index (κ2) is 10.3. The Labute approximate surface area is 125 Å². The van der Waals surface area contributed by atoms with E-state index in [1.807, 2.05) is 19.1 Å². The normalized spacial score (nSPS) is 17.2. The van der Waals surface area contributed by atoms with Gasteiger partial charge >= 0.3 is 11.9 Å². The summed E-state index contributed by atoms with van der Waals surface area (Å²) in [6.45, 7) is 3.62. The van der Waals surface area contributed by atoms with E-state index in [1.165, 1.54) is 7.11 Å². The number of rotatable bonds is 10. The minimum atomic E-state index is -1.02. The molecule has 0 bridgehead atoms. The first-order valence-corrected chi connectivity index (χ1v) is 7.07. The molecule has 0 aliphatic heterocycles.